The minimum atomic E-state index is -0.850. The summed E-state index contributed by atoms with van der Waals surface area (Å²) in [7, 11) is 0. The molecule has 6 nitrogen and oxygen atoms in total. The maximum Gasteiger partial charge on any atom is 0.412 e. The number of hydrogen-bond donors (Lipinski definition) is 1. The Bertz CT molecular complexity index is 327. The van der Waals surface area contributed by atoms with Gasteiger partial charge < -0.3 is 10.1 Å². The smallest absolute Gasteiger partial charge is 0.412 e. The maximum absolute atomic E-state index is 11.6. The van der Waals surface area contributed by atoms with E-state index in [0.717, 1.165) is 16.6 Å². The number of carbonyl (C=O) groups is 1. The number of nitrogens with one attached hydrogen (secondary N) is 1. The number of alkyl halides is 1. The predicted molar refractivity (Wildman–Crippen MR) is 73.6 cm³/mol. The lowest BCUT2D eigenvalue weighted by atomic mass is 10.4. The first-order chi connectivity index (χ1) is 8.16. The van der Waals surface area contributed by atoms with Crippen LogP contribution in [0.5, 0.6) is 0 Å². The Morgan fingerprint density at radius 2 is 2.41 bits per heavy atom. The van der Waals surface area contributed by atoms with Crippen molar-refractivity contribution in [3.8, 4) is 0 Å². The molecule has 1 fully saturated rings. The maximum atomic E-state index is 11.6. The molecule has 0 aromatic heterocycles. The minimum Gasteiger partial charge on any atom is -0.457 e. The standard InChI is InChI=1S/C9H13IN2O4S/c10-3-1-5-16-9(13)7(12(14)15)8-11-4-2-6-17-8/h11H,1-6H2/b8-7-. The highest BCUT2D eigenvalue weighted by Gasteiger charge is 2.30. The molecule has 1 N–H and O–H groups in total. The third-order valence-electron chi connectivity index (χ3n) is 1.96. The SMILES string of the molecule is O=C(OCCCI)/C(=C1\NCCCS1)[N+](=O)[O-]. The molecule has 17 heavy (non-hydrogen) atoms. The Morgan fingerprint density at radius 3 is 2.94 bits per heavy atom. The third-order valence-corrected chi connectivity index (χ3v) is 3.84. The highest BCUT2D eigenvalue weighted by Crippen LogP contribution is 2.22. The molecule has 0 amide bonds. The van der Waals surface area contributed by atoms with Crippen molar-refractivity contribution in [2.24, 2.45) is 0 Å². The molecule has 8 heteroatoms. The van der Waals surface area contributed by atoms with Gasteiger partial charge in [0.05, 0.1) is 11.5 Å². The second kappa shape index (κ2) is 7.75. The van der Waals surface area contributed by atoms with E-state index >= 15 is 0 Å². The number of esters is 1. The molecule has 0 atom stereocenters. The van der Waals surface area contributed by atoms with Crippen LogP contribution in [0.4, 0.5) is 0 Å². The first-order valence-electron chi connectivity index (χ1n) is 5.15. The molecule has 96 valence electrons. The number of nitrogens with zero attached hydrogens (tertiary/aromatic N) is 1. The van der Waals surface area contributed by atoms with Gasteiger partial charge in [-0.25, -0.2) is 4.79 Å². The van der Waals surface area contributed by atoms with Crippen LogP contribution >= 0.6 is 34.4 Å². The number of ether oxygens (including phenoxy) is 1. The van der Waals surface area contributed by atoms with E-state index in [1.807, 2.05) is 0 Å². The van der Waals surface area contributed by atoms with Crippen molar-refractivity contribution in [3.63, 3.8) is 0 Å². The van der Waals surface area contributed by atoms with Gasteiger partial charge >= 0.3 is 11.7 Å². The summed E-state index contributed by atoms with van der Waals surface area (Å²) in [5, 5.41) is 14.1. The second-order valence-electron chi connectivity index (χ2n) is 3.24. The van der Waals surface area contributed by atoms with Crippen LogP contribution in [0, 0.1) is 10.1 Å². The van der Waals surface area contributed by atoms with Gasteiger partial charge in [-0.2, -0.15) is 0 Å². The zero-order valence-corrected chi connectivity index (χ0v) is 12.1. The predicted octanol–water partition coefficient (Wildman–Crippen LogP) is 1.53. The highest BCUT2D eigenvalue weighted by atomic mass is 127. The van der Waals surface area contributed by atoms with Crippen LogP contribution in [0.25, 0.3) is 0 Å². The molecule has 1 saturated heterocycles. The number of hydrogen-bond acceptors (Lipinski definition) is 6. The molecule has 0 aliphatic carbocycles. The lowest BCUT2D eigenvalue weighted by Crippen LogP contribution is -2.26. The van der Waals surface area contributed by atoms with Gasteiger partial charge in [-0.15, -0.1) is 11.8 Å². The first-order valence-corrected chi connectivity index (χ1v) is 7.66. The molecule has 0 bridgehead atoms. The summed E-state index contributed by atoms with van der Waals surface area (Å²) >= 11 is 3.45. The molecule has 0 unspecified atom stereocenters. The zero-order chi connectivity index (χ0) is 12.7. The molecule has 1 rings (SSSR count). The number of nitro groups is 1. The van der Waals surface area contributed by atoms with Crippen molar-refractivity contribution in [2.45, 2.75) is 12.8 Å². The Hall–Kier alpha value is -0.510. The quantitative estimate of drug-likeness (QED) is 0.150. The Labute approximate surface area is 117 Å². The summed E-state index contributed by atoms with van der Waals surface area (Å²) in [5.41, 5.74) is -0.469. The van der Waals surface area contributed by atoms with Crippen LogP contribution in [-0.2, 0) is 9.53 Å². The fourth-order valence-corrected chi connectivity index (χ4v) is 2.49. The Balaban J connectivity index is 2.70. The van der Waals surface area contributed by atoms with Crippen molar-refractivity contribution in [3.05, 3.63) is 20.8 Å². The Morgan fingerprint density at radius 1 is 1.65 bits per heavy atom. The lowest BCUT2D eigenvalue weighted by Gasteiger charge is -2.15. The summed E-state index contributed by atoms with van der Waals surface area (Å²) in [4.78, 5) is 21.8. The largest absolute Gasteiger partial charge is 0.457 e. The van der Waals surface area contributed by atoms with Crippen LogP contribution in [-0.4, -0.2) is 34.2 Å². The third kappa shape index (κ3) is 4.70. The zero-order valence-electron chi connectivity index (χ0n) is 9.11. The first kappa shape index (κ1) is 14.6. The fraction of sp³-hybridized carbons (Fsp3) is 0.667. The van der Waals surface area contributed by atoms with Gasteiger partial charge in [0, 0.05) is 16.7 Å². The van der Waals surface area contributed by atoms with E-state index in [4.69, 9.17) is 4.74 Å². The van der Waals surface area contributed by atoms with Gasteiger partial charge in [0.2, 0.25) is 0 Å². The van der Waals surface area contributed by atoms with Gasteiger partial charge in [-0.3, -0.25) is 10.1 Å². The summed E-state index contributed by atoms with van der Waals surface area (Å²) < 4.78 is 5.71. The van der Waals surface area contributed by atoms with Crippen molar-refractivity contribution in [1.29, 1.82) is 0 Å². The van der Waals surface area contributed by atoms with E-state index in [-0.39, 0.29) is 6.61 Å². The Kier molecular flexibility index (Phi) is 6.63. The average Bonchev–Trinajstić information content (AvgIpc) is 2.30. The van der Waals surface area contributed by atoms with Gasteiger partial charge in [0.1, 0.15) is 0 Å². The highest BCUT2D eigenvalue weighted by molar-refractivity contribution is 14.1. The van der Waals surface area contributed by atoms with Crippen molar-refractivity contribution in [2.75, 3.05) is 23.3 Å². The van der Waals surface area contributed by atoms with Crippen LogP contribution in [0.15, 0.2) is 10.7 Å². The van der Waals surface area contributed by atoms with Gasteiger partial charge in [-0.05, 0) is 12.8 Å². The number of rotatable bonds is 5. The fourth-order valence-electron chi connectivity index (χ4n) is 1.19. The van der Waals surface area contributed by atoms with E-state index in [2.05, 4.69) is 27.9 Å². The molecular weight excluding hydrogens is 359 g/mol. The molecule has 0 radical (unpaired) electrons. The molecule has 1 aliphatic heterocycles. The van der Waals surface area contributed by atoms with E-state index in [9.17, 15) is 14.9 Å². The van der Waals surface area contributed by atoms with Crippen LogP contribution in [0.1, 0.15) is 12.8 Å². The molecule has 1 aliphatic rings. The van der Waals surface area contributed by atoms with Gasteiger partial charge in [0.25, 0.3) is 0 Å². The minimum absolute atomic E-state index is 0.219. The summed E-state index contributed by atoms with van der Waals surface area (Å²) in [6, 6.07) is 0. The van der Waals surface area contributed by atoms with E-state index in [1.165, 1.54) is 11.8 Å². The van der Waals surface area contributed by atoms with Crippen LogP contribution in [0.3, 0.4) is 0 Å². The molecule has 0 aromatic rings. The van der Waals surface area contributed by atoms with Crippen LogP contribution in [0.2, 0.25) is 0 Å². The summed E-state index contributed by atoms with van der Waals surface area (Å²) in [6.07, 6.45) is 1.64. The normalized spacial score (nSPS) is 18.2. The van der Waals surface area contributed by atoms with Crippen molar-refractivity contribution in [1.82, 2.24) is 5.32 Å². The van der Waals surface area contributed by atoms with E-state index < -0.39 is 16.6 Å². The molecule has 0 spiro atoms. The van der Waals surface area contributed by atoms with Gasteiger partial charge in [0.15, 0.2) is 5.03 Å². The topological polar surface area (TPSA) is 81.5 Å². The molecule has 1 heterocycles. The van der Waals surface area contributed by atoms with Crippen LogP contribution < -0.4 is 5.32 Å². The lowest BCUT2D eigenvalue weighted by molar-refractivity contribution is -0.422. The van der Waals surface area contributed by atoms with Crippen molar-refractivity contribution >= 4 is 40.3 Å². The van der Waals surface area contributed by atoms with Crippen molar-refractivity contribution < 1.29 is 14.5 Å². The number of thioether (sulfide) groups is 1. The molecule has 0 aromatic carbocycles. The molecule has 0 saturated carbocycles. The second-order valence-corrected chi connectivity index (χ2v) is 5.43. The average molecular weight is 372 g/mol. The number of carbonyl (C=O) groups excluding carboxylic acids is 1. The van der Waals surface area contributed by atoms with E-state index in [1.54, 1.807) is 0 Å². The van der Waals surface area contributed by atoms with E-state index in [0.29, 0.717) is 18.0 Å². The molecular formula is C9H13IN2O4S. The monoisotopic (exact) mass is 372 g/mol. The summed E-state index contributed by atoms with van der Waals surface area (Å²) in [5.74, 6) is -0.0718. The summed E-state index contributed by atoms with van der Waals surface area (Å²) in [6.45, 7) is 0.873. The number of halogens is 1. The van der Waals surface area contributed by atoms with Gasteiger partial charge in [-0.1, -0.05) is 22.6 Å².